The van der Waals surface area contributed by atoms with Crippen LogP contribution in [0.1, 0.15) is 25.7 Å². The van der Waals surface area contributed by atoms with Gasteiger partial charge in [-0.05, 0) is 12.8 Å². The van der Waals surface area contributed by atoms with Gasteiger partial charge in [-0.1, -0.05) is 12.8 Å². The van der Waals surface area contributed by atoms with E-state index in [9.17, 15) is 14.9 Å². The number of hydrogen-bond donors (Lipinski definition) is 2. The zero-order valence-electron chi connectivity index (χ0n) is 10.5. The van der Waals surface area contributed by atoms with Crippen molar-refractivity contribution in [2.24, 2.45) is 5.73 Å². The molecule has 1 aromatic heterocycles. The molecule has 0 unspecified atom stereocenters. The van der Waals surface area contributed by atoms with Crippen LogP contribution in [0.3, 0.4) is 0 Å². The van der Waals surface area contributed by atoms with Gasteiger partial charge in [0.1, 0.15) is 18.9 Å². The lowest BCUT2D eigenvalue weighted by atomic mass is 9.98. The summed E-state index contributed by atoms with van der Waals surface area (Å²) < 4.78 is 1.26. The van der Waals surface area contributed by atoms with E-state index in [-0.39, 0.29) is 23.7 Å². The second kappa shape index (κ2) is 5.35. The van der Waals surface area contributed by atoms with E-state index in [4.69, 9.17) is 5.73 Å². The largest absolute Gasteiger partial charge is 0.348 e. The predicted molar refractivity (Wildman–Crippen MR) is 67.3 cm³/mol. The molecule has 1 aromatic rings. The number of carbonyl (C=O) groups is 1. The van der Waals surface area contributed by atoms with Gasteiger partial charge in [-0.25, -0.2) is 0 Å². The fourth-order valence-electron chi connectivity index (χ4n) is 2.45. The number of aromatic nitrogens is 2. The van der Waals surface area contributed by atoms with Crippen molar-refractivity contribution in [1.29, 1.82) is 0 Å². The van der Waals surface area contributed by atoms with E-state index in [1.54, 1.807) is 0 Å². The quantitative estimate of drug-likeness (QED) is 0.583. The zero-order valence-corrected chi connectivity index (χ0v) is 10.5. The third-order valence-corrected chi connectivity index (χ3v) is 3.49. The normalized spacial score (nSPS) is 17.3. The highest BCUT2D eigenvalue weighted by Gasteiger charge is 2.33. The molecule has 1 amide bonds. The molecule has 2 rings (SSSR count). The van der Waals surface area contributed by atoms with E-state index in [0.29, 0.717) is 6.54 Å². The van der Waals surface area contributed by atoms with Crippen molar-refractivity contribution in [2.45, 2.75) is 37.8 Å². The van der Waals surface area contributed by atoms with Crippen LogP contribution >= 0.6 is 0 Å². The number of carbonyl (C=O) groups excluding carboxylic acids is 1. The average molecular weight is 267 g/mol. The summed E-state index contributed by atoms with van der Waals surface area (Å²) in [5, 5.41) is 17.2. The maximum atomic E-state index is 11.9. The van der Waals surface area contributed by atoms with Crippen LogP contribution in [-0.4, -0.2) is 32.7 Å². The molecule has 1 aliphatic carbocycles. The molecule has 1 fully saturated rings. The maximum Gasteiger partial charge on any atom is 0.307 e. The summed E-state index contributed by atoms with van der Waals surface area (Å²) in [5.41, 5.74) is 5.30. The number of nitrogens with one attached hydrogen (secondary N) is 1. The summed E-state index contributed by atoms with van der Waals surface area (Å²) in [6.45, 7) is 0.383. The van der Waals surface area contributed by atoms with Crippen molar-refractivity contribution >= 4 is 11.6 Å². The molecule has 0 spiro atoms. The molecule has 0 aliphatic heterocycles. The second-order valence-electron chi connectivity index (χ2n) is 4.89. The zero-order chi connectivity index (χ0) is 13.9. The van der Waals surface area contributed by atoms with Gasteiger partial charge in [-0.15, -0.1) is 0 Å². The summed E-state index contributed by atoms with van der Waals surface area (Å²) in [6, 6.07) is 0. The first-order chi connectivity index (χ1) is 9.04. The van der Waals surface area contributed by atoms with Gasteiger partial charge < -0.3 is 11.1 Å². The minimum absolute atomic E-state index is 0.0322. The highest BCUT2D eigenvalue weighted by molar-refractivity contribution is 5.76. The van der Waals surface area contributed by atoms with Crippen LogP contribution in [0.15, 0.2) is 12.4 Å². The van der Waals surface area contributed by atoms with Crippen LogP contribution in [0.25, 0.3) is 0 Å². The number of amides is 1. The van der Waals surface area contributed by atoms with Crippen molar-refractivity contribution in [1.82, 2.24) is 15.1 Å². The average Bonchev–Trinajstić information content (AvgIpc) is 2.99. The summed E-state index contributed by atoms with van der Waals surface area (Å²) in [4.78, 5) is 21.9. The van der Waals surface area contributed by atoms with Crippen LogP contribution in [-0.2, 0) is 11.3 Å². The van der Waals surface area contributed by atoms with Crippen molar-refractivity contribution in [3.8, 4) is 0 Å². The van der Waals surface area contributed by atoms with Gasteiger partial charge in [0.15, 0.2) is 0 Å². The van der Waals surface area contributed by atoms with E-state index in [1.807, 2.05) is 0 Å². The van der Waals surface area contributed by atoms with Gasteiger partial charge in [-0.3, -0.25) is 19.6 Å². The monoisotopic (exact) mass is 267 g/mol. The topological polar surface area (TPSA) is 116 Å². The molecule has 0 aromatic carbocycles. The highest BCUT2D eigenvalue weighted by Crippen LogP contribution is 2.28. The number of rotatable bonds is 5. The fourth-order valence-corrected chi connectivity index (χ4v) is 2.45. The molecule has 3 N–H and O–H groups in total. The molecule has 0 atom stereocenters. The van der Waals surface area contributed by atoms with Gasteiger partial charge in [0, 0.05) is 6.54 Å². The Labute approximate surface area is 110 Å². The number of nitrogens with zero attached hydrogens (tertiary/aromatic N) is 3. The summed E-state index contributed by atoms with van der Waals surface area (Å²) in [5.74, 6) is -0.217. The molecule has 1 heterocycles. The molecule has 1 saturated carbocycles. The number of nitro groups is 1. The summed E-state index contributed by atoms with van der Waals surface area (Å²) >= 11 is 0. The van der Waals surface area contributed by atoms with Crippen molar-refractivity contribution in [2.75, 3.05) is 6.54 Å². The van der Waals surface area contributed by atoms with Crippen molar-refractivity contribution in [3.63, 3.8) is 0 Å². The first-order valence-corrected chi connectivity index (χ1v) is 6.23. The standard InChI is InChI=1S/C11H17N5O3/c12-8-11(3-1-2-4-11)14-10(17)7-15-6-9(5-13-15)16(18)19/h5-6H,1-4,7-8,12H2,(H,14,17). The Morgan fingerprint density at radius 1 is 1.58 bits per heavy atom. The SMILES string of the molecule is NCC1(NC(=O)Cn2cc([N+](=O)[O-])cn2)CCCC1. The van der Waals surface area contributed by atoms with Crippen molar-refractivity contribution < 1.29 is 9.72 Å². The lowest BCUT2D eigenvalue weighted by Crippen LogP contribution is -2.52. The second-order valence-corrected chi connectivity index (χ2v) is 4.89. The lowest BCUT2D eigenvalue weighted by Gasteiger charge is -2.28. The number of hydrogen-bond acceptors (Lipinski definition) is 5. The van der Waals surface area contributed by atoms with E-state index in [2.05, 4.69) is 10.4 Å². The van der Waals surface area contributed by atoms with Crippen LogP contribution in [0.5, 0.6) is 0 Å². The molecule has 0 bridgehead atoms. The van der Waals surface area contributed by atoms with E-state index in [1.165, 1.54) is 10.9 Å². The maximum absolute atomic E-state index is 11.9. The highest BCUT2D eigenvalue weighted by atomic mass is 16.6. The third-order valence-electron chi connectivity index (χ3n) is 3.49. The first-order valence-electron chi connectivity index (χ1n) is 6.23. The van der Waals surface area contributed by atoms with E-state index >= 15 is 0 Å². The molecule has 19 heavy (non-hydrogen) atoms. The Kier molecular flexibility index (Phi) is 3.79. The van der Waals surface area contributed by atoms with Gasteiger partial charge in [0.2, 0.25) is 5.91 Å². The molecule has 104 valence electrons. The summed E-state index contributed by atoms with van der Waals surface area (Å²) in [6.07, 6.45) is 6.25. The van der Waals surface area contributed by atoms with Crippen LogP contribution in [0, 0.1) is 10.1 Å². The minimum Gasteiger partial charge on any atom is -0.348 e. The smallest absolute Gasteiger partial charge is 0.307 e. The molecule has 8 heteroatoms. The van der Waals surface area contributed by atoms with Crippen LogP contribution < -0.4 is 11.1 Å². The molecular formula is C11H17N5O3. The fraction of sp³-hybridized carbons (Fsp3) is 0.636. The van der Waals surface area contributed by atoms with E-state index < -0.39 is 4.92 Å². The Hall–Kier alpha value is -1.96. The van der Waals surface area contributed by atoms with Gasteiger partial charge >= 0.3 is 5.69 Å². The minimum atomic E-state index is -0.542. The first kappa shape index (κ1) is 13.5. The Balaban J connectivity index is 1.95. The van der Waals surface area contributed by atoms with Crippen LogP contribution in [0.2, 0.25) is 0 Å². The Morgan fingerprint density at radius 2 is 2.26 bits per heavy atom. The Morgan fingerprint density at radius 3 is 2.79 bits per heavy atom. The Bertz CT molecular complexity index is 478. The lowest BCUT2D eigenvalue weighted by molar-refractivity contribution is -0.385. The van der Waals surface area contributed by atoms with Crippen molar-refractivity contribution in [3.05, 3.63) is 22.5 Å². The third kappa shape index (κ3) is 3.08. The van der Waals surface area contributed by atoms with Crippen LogP contribution in [0.4, 0.5) is 5.69 Å². The van der Waals surface area contributed by atoms with Gasteiger partial charge in [-0.2, -0.15) is 5.10 Å². The number of nitrogens with two attached hydrogens (primary N) is 1. The molecule has 1 aliphatic rings. The van der Waals surface area contributed by atoms with Gasteiger partial charge in [0.05, 0.1) is 10.5 Å². The molecular weight excluding hydrogens is 250 g/mol. The molecule has 8 nitrogen and oxygen atoms in total. The van der Waals surface area contributed by atoms with E-state index in [0.717, 1.165) is 31.9 Å². The molecule has 0 saturated heterocycles. The summed E-state index contributed by atoms with van der Waals surface area (Å²) in [7, 11) is 0. The predicted octanol–water partition coefficient (Wildman–Crippen LogP) is 0.179. The molecule has 0 radical (unpaired) electrons. The van der Waals surface area contributed by atoms with Gasteiger partial charge in [0.25, 0.3) is 0 Å².